The number of hydrogen-bond acceptors (Lipinski definition) is 14. The minimum atomic E-state index is -1.49. The number of phenols is 1. The Kier molecular flexibility index (Phi) is 7.78. The van der Waals surface area contributed by atoms with Gasteiger partial charge in [0.05, 0.1) is 11.7 Å². The van der Waals surface area contributed by atoms with E-state index in [-0.39, 0.29) is 29.0 Å². The fourth-order valence-corrected chi connectivity index (χ4v) is 5.39. The second-order valence-electron chi connectivity index (χ2n) is 9.54. The van der Waals surface area contributed by atoms with Crippen LogP contribution in [0.3, 0.4) is 0 Å². The summed E-state index contributed by atoms with van der Waals surface area (Å²) in [7, 11) is 0. The van der Waals surface area contributed by atoms with E-state index in [4.69, 9.17) is 24.7 Å². The van der Waals surface area contributed by atoms with Crippen molar-refractivity contribution in [3.8, 4) is 11.5 Å². The number of aromatic nitrogens is 1. The van der Waals surface area contributed by atoms with Crippen molar-refractivity contribution in [2.24, 2.45) is 0 Å². The number of nitrogen functional groups attached to an aromatic ring is 1. The summed E-state index contributed by atoms with van der Waals surface area (Å²) in [6.45, 7) is 1.34. The molecular weight excluding hydrogens is 538 g/mol. The zero-order chi connectivity index (χ0) is 28.0. The second kappa shape index (κ2) is 11.0. The van der Waals surface area contributed by atoms with E-state index < -0.39 is 67.1 Å². The maximum Gasteiger partial charge on any atom is 0.247 e. The summed E-state index contributed by atoms with van der Waals surface area (Å²) in [6, 6.07) is 3.03. The van der Waals surface area contributed by atoms with Gasteiger partial charge in [-0.3, -0.25) is 4.79 Å². The Morgan fingerprint density at radius 2 is 1.82 bits per heavy atom. The predicted octanol–water partition coefficient (Wildman–Crippen LogP) is -1.64. The Morgan fingerprint density at radius 3 is 2.49 bits per heavy atom. The van der Waals surface area contributed by atoms with Crippen molar-refractivity contribution in [1.82, 2.24) is 10.3 Å². The molecule has 3 fully saturated rings. The molecule has 1 saturated carbocycles. The summed E-state index contributed by atoms with van der Waals surface area (Å²) in [5.41, 5.74) is 6.56. The Morgan fingerprint density at radius 1 is 1.10 bits per heavy atom. The number of rotatable bonds is 6. The van der Waals surface area contributed by atoms with Gasteiger partial charge in [0, 0.05) is 11.0 Å². The molecule has 1 unspecified atom stereocenters. The first-order valence-corrected chi connectivity index (χ1v) is 12.9. The molecule has 1 amide bonds. The number of phenolic OH excluding ortho intramolecular Hbond substituents is 1. The van der Waals surface area contributed by atoms with Crippen LogP contribution in [0.2, 0.25) is 0 Å². The SMILES string of the molecule is CC(=Cc1ccc(O[C@@H]2O[C@H](c3csc(N)n3)[C@@H](O)[C@@H]2O)c(O)c1)C(=O)NC1[C@@H](O)[C@@H]2OCO[C@@H]2[C@H](O)[C@H]1O. The summed E-state index contributed by atoms with van der Waals surface area (Å²) in [5.74, 6) is -0.998. The van der Waals surface area contributed by atoms with E-state index in [1.165, 1.54) is 31.2 Å². The average Bonchev–Trinajstić information content (AvgIpc) is 3.63. The van der Waals surface area contributed by atoms with Gasteiger partial charge >= 0.3 is 0 Å². The van der Waals surface area contributed by atoms with Crippen molar-refractivity contribution >= 4 is 28.5 Å². The Balaban J connectivity index is 1.23. The van der Waals surface area contributed by atoms with Gasteiger partial charge in [-0.05, 0) is 30.7 Å². The molecule has 212 valence electrons. The first kappa shape index (κ1) is 27.7. The molecule has 1 aromatic carbocycles. The largest absolute Gasteiger partial charge is 0.504 e. The number of anilines is 1. The smallest absolute Gasteiger partial charge is 0.247 e. The summed E-state index contributed by atoms with van der Waals surface area (Å²) < 4.78 is 21.7. The van der Waals surface area contributed by atoms with Crippen molar-refractivity contribution in [3.05, 3.63) is 40.4 Å². The molecular formula is C24H29N3O11S. The third-order valence-corrected chi connectivity index (χ3v) is 7.61. The van der Waals surface area contributed by atoms with Crippen LogP contribution in [0, 0.1) is 0 Å². The number of carbonyl (C=O) groups excluding carboxylic acids is 1. The third kappa shape index (κ3) is 5.32. The molecule has 15 heteroatoms. The van der Waals surface area contributed by atoms with Crippen LogP contribution in [0.15, 0.2) is 29.2 Å². The van der Waals surface area contributed by atoms with Crippen molar-refractivity contribution < 1.29 is 54.4 Å². The molecule has 2 saturated heterocycles. The number of aromatic hydroxyl groups is 1. The Bertz CT molecular complexity index is 1240. The number of amides is 1. The summed E-state index contributed by atoms with van der Waals surface area (Å²) in [4.78, 5) is 16.8. The molecule has 1 aliphatic carbocycles. The molecule has 39 heavy (non-hydrogen) atoms. The number of ether oxygens (including phenoxy) is 4. The third-order valence-electron chi connectivity index (χ3n) is 6.92. The van der Waals surface area contributed by atoms with Gasteiger partial charge in [0.1, 0.15) is 55.6 Å². The van der Waals surface area contributed by atoms with E-state index >= 15 is 0 Å². The fourth-order valence-electron chi connectivity index (χ4n) is 4.80. The molecule has 1 aromatic heterocycles. The lowest BCUT2D eigenvalue weighted by Crippen LogP contribution is -2.67. The first-order chi connectivity index (χ1) is 18.5. The van der Waals surface area contributed by atoms with Crippen LogP contribution >= 0.6 is 11.3 Å². The van der Waals surface area contributed by atoms with Crippen LogP contribution in [0.4, 0.5) is 5.13 Å². The number of aliphatic hydroxyl groups is 5. The van der Waals surface area contributed by atoms with E-state index in [0.29, 0.717) is 11.3 Å². The van der Waals surface area contributed by atoms with E-state index in [1.54, 1.807) is 5.38 Å². The highest BCUT2D eigenvalue weighted by Gasteiger charge is 2.53. The van der Waals surface area contributed by atoms with Gasteiger partial charge in [-0.25, -0.2) is 4.98 Å². The van der Waals surface area contributed by atoms with Crippen LogP contribution < -0.4 is 15.8 Å². The van der Waals surface area contributed by atoms with E-state index in [1.807, 2.05) is 0 Å². The van der Waals surface area contributed by atoms with Gasteiger partial charge in [-0.15, -0.1) is 11.3 Å². The number of carbonyl (C=O) groups is 1. The minimum absolute atomic E-state index is 0.0419. The van der Waals surface area contributed by atoms with Gasteiger partial charge in [0.25, 0.3) is 0 Å². The highest BCUT2D eigenvalue weighted by Crippen LogP contribution is 2.38. The molecule has 2 aromatic rings. The standard InChI is InChI=1S/C24H29N3O11S/c1-8(22(34)27-13-14(29)16(31)21-20(15(13)30)35-7-36-21)4-9-2-3-12(11(28)5-9)37-23-18(33)17(32)19(38-23)10-6-39-24(25)26-10/h2-6,13-21,23,28-33H,7H2,1H3,(H2,25,26)(H,27,34)/t13?,14-,15+,16+,17-,18-,19+,20-,21+,23+/m0/s1. The fraction of sp³-hybridized carbons (Fsp3) is 0.500. The number of hydrogen-bond donors (Lipinski definition) is 8. The molecule has 14 nitrogen and oxygen atoms in total. The monoisotopic (exact) mass is 567 g/mol. The molecule has 5 rings (SSSR count). The van der Waals surface area contributed by atoms with Crippen molar-refractivity contribution in [1.29, 1.82) is 0 Å². The first-order valence-electron chi connectivity index (χ1n) is 12.0. The predicted molar refractivity (Wildman–Crippen MR) is 133 cm³/mol. The quantitative estimate of drug-likeness (QED) is 0.183. The number of benzene rings is 1. The molecule has 3 heterocycles. The van der Waals surface area contributed by atoms with Crippen molar-refractivity contribution in [2.45, 2.75) is 68.1 Å². The topological polar surface area (TPSA) is 226 Å². The molecule has 3 aliphatic rings. The average molecular weight is 568 g/mol. The highest BCUT2D eigenvalue weighted by molar-refractivity contribution is 7.13. The number of fused-ring (bicyclic) bond motifs is 1. The van der Waals surface area contributed by atoms with Crippen LogP contribution in [0.25, 0.3) is 6.08 Å². The van der Waals surface area contributed by atoms with E-state index in [9.17, 15) is 35.4 Å². The molecule has 2 aliphatic heterocycles. The summed E-state index contributed by atoms with van der Waals surface area (Å²) in [5, 5.41) is 66.8. The number of nitrogens with two attached hydrogens (primary N) is 1. The Hall–Kier alpha value is -2.86. The zero-order valence-electron chi connectivity index (χ0n) is 20.5. The van der Waals surface area contributed by atoms with E-state index in [0.717, 1.165) is 11.3 Å². The van der Waals surface area contributed by atoms with Crippen LogP contribution in [0.5, 0.6) is 11.5 Å². The lowest BCUT2D eigenvalue weighted by molar-refractivity contribution is -0.155. The zero-order valence-corrected chi connectivity index (χ0v) is 21.3. The van der Waals surface area contributed by atoms with Gasteiger partial charge in [-0.2, -0.15) is 0 Å². The van der Waals surface area contributed by atoms with Gasteiger partial charge in [0.2, 0.25) is 12.2 Å². The van der Waals surface area contributed by atoms with Crippen LogP contribution in [-0.2, 0) is 19.0 Å². The number of nitrogens with zero attached hydrogens (tertiary/aromatic N) is 1. The molecule has 0 bridgehead atoms. The maximum atomic E-state index is 12.8. The maximum absolute atomic E-state index is 12.8. The van der Waals surface area contributed by atoms with Gasteiger partial charge < -0.3 is 60.6 Å². The Labute approximate surface area is 225 Å². The highest BCUT2D eigenvalue weighted by atomic mass is 32.1. The molecule has 9 N–H and O–H groups in total. The number of nitrogens with one attached hydrogen (secondary N) is 1. The number of thiazole rings is 1. The van der Waals surface area contributed by atoms with Gasteiger partial charge in [-0.1, -0.05) is 6.07 Å². The molecule has 10 atom stereocenters. The number of aliphatic hydroxyl groups excluding tert-OH is 5. The summed E-state index contributed by atoms with van der Waals surface area (Å²) >= 11 is 1.16. The lowest BCUT2D eigenvalue weighted by atomic mass is 9.83. The second-order valence-corrected chi connectivity index (χ2v) is 10.4. The normalized spacial score (nSPS) is 36.5. The van der Waals surface area contributed by atoms with Crippen LogP contribution in [-0.4, -0.2) is 103 Å². The van der Waals surface area contributed by atoms with Gasteiger partial charge in [0.15, 0.2) is 16.6 Å². The molecule has 0 radical (unpaired) electrons. The van der Waals surface area contributed by atoms with Crippen molar-refractivity contribution in [2.75, 3.05) is 12.5 Å². The van der Waals surface area contributed by atoms with Crippen molar-refractivity contribution in [3.63, 3.8) is 0 Å². The molecule has 0 spiro atoms. The van der Waals surface area contributed by atoms with E-state index in [2.05, 4.69) is 10.3 Å². The van der Waals surface area contributed by atoms with Crippen LogP contribution in [0.1, 0.15) is 24.3 Å². The lowest BCUT2D eigenvalue weighted by Gasteiger charge is -2.41. The minimum Gasteiger partial charge on any atom is -0.504 e. The summed E-state index contributed by atoms with van der Waals surface area (Å²) in [6.07, 6.45) is -9.55.